The lowest BCUT2D eigenvalue weighted by atomic mass is 10.0. The Kier molecular flexibility index (Phi) is 9.07. The lowest BCUT2D eigenvalue weighted by molar-refractivity contribution is -0.137. The van der Waals surface area contributed by atoms with Gasteiger partial charge in [0.05, 0.1) is 6.54 Å². The molecule has 1 N–H and O–H groups in total. The first-order valence-corrected chi connectivity index (χ1v) is 10.4. The van der Waals surface area contributed by atoms with E-state index in [4.69, 9.17) is 4.74 Å². The molecule has 0 bridgehead atoms. The molecule has 0 saturated carbocycles. The van der Waals surface area contributed by atoms with Crippen molar-refractivity contribution >= 4 is 24.0 Å². The zero-order valence-electron chi connectivity index (χ0n) is 18.2. The van der Waals surface area contributed by atoms with Gasteiger partial charge in [-0.1, -0.05) is 76.2 Å². The predicted molar refractivity (Wildman–Crippen MR) is 123 cm³/mol. The van der Waals surface area contributed by atoms with Gasteiger partial charge in [0.2, 0.25) is 5.91 Å². The van der Waals surface area contributed by atoms with Crippen molar-refractivity contribution in [1.82, 2.24) is 5.32 Å². The normalized spacial score (nSPS) is 11.5. The molecule has 2 rings (SSSR count). The molecule has 0 radical (unpaired) electrons. The van der Waals surface area contributed by atoms with Gasteiger partial charge in [-0.2, -0.15) is 0 Å². The average Bonchev–Trinajstić information content (AvgIpc) is 2.74. The summed E-state index contributed by atoms with van der Waals surface area (Å²) in [6.45, 7) is 8.95. The molecule has 4 heteroatoms. The molecule has 158 valence electrons. The van der Waals surface area contributed by atoms with Crippen LogP contribution in [0.1, 0.15) is 61.8 Å². The van der Waals surface area contributed by atoms with Crippen molar-refractivity contribution in [1.29, 1.82) is 0 Å². The second-order valence-electron chi connectivity index (χ2n) is 7.77. The molecular formula is C26H31NO3. The van der Waals surface area contributed by atoms with Crippen LogP contribution < -0.4 is 5.32 Å². The number of carbonyl (C=O) groups is 2. The number of nitrogens with one attached hydrogen (secondary N) is 1. The Morgan fingerprint density at radius 3 is 1.73 bits per heavy atom. The van der Waals surface area contributed by atoms with E-state index in [1.54, 1.807) is 12.2 Å². The summed E-state index contributed by atoms with van der Waals surface area (Å²) in [6, 6.07) is 16.2. The summed E-state index contributed by atoms with van der Waals surface area (Å²) in [5, 5.41) is 2.70. The molecule has 0 aliphatic heterocycles. The fourth-order valence-corrected chi connectivity index (χ4v) is 2.75. The van der Waals surface area contributed by atoms with Gasteiger partial charge < -0.3 is 10.1 Å². The average molecular weight is 406 g/mol. The first-order chi connectivity index (χ1) is 14.3. The van der Waals surface area contributed by atoms with Gasteiger partial charge in [0, 0.05) is 12.2 Å². The van der Waals surface area contributed by atoms with Crippen molar-refractivity contribution in [2.24, 2.45) is 0 Å². The molecule has 0 saturated heterocycles. The van der Waals surface area contributed by atoms with Crippen LogP contribution in [0.2, 0.25) is 0 Å². The van der Waals surface area contributed by atoms with Crippen LogP contribution in [0, 0.1) is 0 Å². The third kappa shape index (κ3) is 8.08. The van der Waals surface area contributed by atoms with E-state index in [1.807, 2.05) is 24.3 Å². The first-order valence-electron chi connectivity index (χ1n) is 10.4. The SMILES string of the molecule is CC(C)c1ccc(C=CC(=O)NCCOC(=O)C=Cc2ccc(C(C)C)cc2)cc1. The minimum atomic E-state index is -0.432. The van der Waals surface area contributed by atoms with Crippen LogP contribution in [0.15, 0.2) is 60.7 Å². The third-order valence-corrected chi connectivity index (χ3v) is 4.69. The zero-order valence-corrected chi connectivity index (χ0v) is 18.2. The van der Waals surface area contributed by atoms with Crippen molar-refractivity contribution in [3.05, 3.63) is 82.9 Å². The van der Waals surface area contributed by atoms with E-state index in [-0.39, 0.29) is 19.1 Å². The first kappa shape index (κ1) is 23.1. The summed E-state index contributed by atoms with van der Waals surface area (Å²) < 4.78 is 5.11. The van der Waals surface area contributed by atoms with Crippen LogP contribution in [0.5, 0.6) is 0 Å². The van der Waals surface area contributed by atoms with Gasteiger partial charge in [0.15, 0.2) is 0 Å². The molecule has 0 spiro atoms. The summed E-state index contributed by atoms with van der Waals surface area (Å²) in [5.74, 6) is 0.301. The highest BCUT2D eigenvalue weighted by atomic mass is 16.5. The number of amides is 1. The largest absolute Gasteiger partial charge is 0.461 e. The molecule has 0 fully saturated rings. The number of hydrogen-bond donors (Lipinski definition) is 1. The zero-order chi connectivity index (χ0) is 21.9. The minimum Gasteiger partial charge on any atom is -0.461 e. The van der Waals surface area contributed by atoms with E-state index in [9.17, 15) is 9.59 Å². The smallest absolute Gasteiger partial charge is 0.330 e. The van der Waals surface area contributed by atoms with Gasteiger partial charge >= 0.3 is 5.97 Å². The summed E-state index contributed by atoms with van der Waals surface area (Å²) >= 11 is 0. The van der Waals surface area contributed by atoms with E-state index in [0.29, 0.717) is 11.8 Å². The Morgan fingerprint density at radius 2 is 1.27 bits per heavy atom. The van der Waals surface area contributed by atoms with Crippen LogP contribution in [0.3, 0.4) is 0 Å². The molecule has 0 aliphatic rings. The fraction of sp³-hybridized carbons (Fsp3) is 0.308. The van der Waals surface area contributed by atoms with Crippen LogP contribution in [0.4, 0.5) is 0 Å². The molecular weight excluding hydrogens is 374 g/mol. The van der Waals surface area contributed by atoms with Gasteiger partial charge in [-0.15, -0.1) is 0 Å². The molecule has 0 heterocycles. The maximum Gasteiger partial charge on any atom is 0.330 e. The maximum absolute atomic E-state index is 11.9. The summed E-state index contributed by atoms with van der Waals surface area (Å²) in [4.78, 5) is 23.7. The van der Waals surface area contributed by atoms with Crippen molar-refractivity contribution in [3.63, 3.8) is 0 Å². The highest BCUT2D eigenvalue weighted by molar-refractivity contribution is 5.91. The number of carbonyl (C=O) groups excluding carboxylic acids is 2. The van der Waals surface area contributed by atoms with Crippen LogP contribution in [-0.2, 0) is 14.3 Å². The monoisotopic (exact) mass is 405 g/mol. The summed E-state index contributed by atoms with van der Waals surface area (Å²) in [7, 11) is 0. The van der Waals surface area contributed by atoms with Crippen LogP contribution in [-0.4, -0.2) is 25.0 Å². The number of esters is 1. The van der Waals surface area contributed by atoms with Crippen molar-refractivity contribution in [2.45, 2.75) is 39.5 Å². The Bertz CT molecular complexity index is 800. The van der Waals surface area contributed by atoms with Crippen molar-refractivity contribution in [2.75, 3.05) is 13.2 Å². The maximum atomic E-state index is 11.9. The summed E-state index contributed by atoms with van der Waals surface area (Å²) in [5.41, 5.74) is 4.43. The third-order valence-electron chi connectivity index (χ3n) is 4.69. The molecule has 0 unspecified atom stereocenters. The molecule has 2 aromatic rings. The van der Waals surface area contributed by atoms with Gasteiger partial charge in [-0.05, 0) is 46.2 Å². The number of hydrogen-bond acceptors (Lipinski definition) is 3. The van der Waals surface area contributed by atoms with E-state index < -0.39 is 5.97 Å². The predicted octanol–water partition coefficient (Wildman–Crippen LogP) is 5.32. The second-order valence-corrected chi connectivity index (χ2v) is 7.77. The van der Waals surface area contributed by atoms with E-state index in [0.717, 1.165) is 11.1 Å². The van der Waals surface area contributed by atoms with E-state index in [2.05, 4.69) is 57.3 Å². The lowest BCUT2D eigenvalue weighted by Crippen LogP contribution is -2.26. The van der Waals surface area contributed by atoms with E-state index >= 15 is 0 Å². The number of benzene rings is 2. The molecule has 30 heavy (non-hydrogen) atoms. The van der Waals surface area contributed by atoms with Crippen molar-refractivity contribution in [3.8, 4) is 0 Å². The van der Waals surface area contributed by atoms with Crippen LogP contribution in [0.25, 0.3) is 12.2 Å². The quantitative estimate of drug-likeness (QED) is 0.349. The molecule has 0 aromatic heterocycles. The highest BCUT2D eigenvalue weighted by Crippen LogP contribution is 2.16. The Labute approximate surface area is 179 Å². The van der Waals surface area contributed by atoms with Crippen molar-refractivity contribution < 1.29 is 14.3 Å². The van der Waals surface area contributed by atoms with E-state index in [1.165, 1.54) is 23.3 Å². The molecule has 0 aliphatic carbocycles. The number of rotatable bonds is 9. The Balaban J connectivity index is 1.68. The van der Waals surface area contributed by atoms with Gasteiger partial charge in [0.1, 0.15) is 6.61 Å². The topological polar surface area (TPSA) is 55.4 Å². The van der Waals surface area contributed by atoms with Gasteiger partial charge in [0.25, 0.3) is 0 Å². The highest BCUT2D eigenvalue weighted by Gasteiger charge is 2.01. The second kappa shape index (κ2) is 11.8. The van der Waals surface area contributed by atoms with Crippen LogP contribution >= 0.6 is 0 Å². The molecule has 0 atom stereocenters. The molecule has 1 amide bonds. The van der Waals surface area contributed by atoms with Gasteiger partial charge in [-0.3, -0.25) is 4.79 Å². The molecule has 4 nitrogen and oxygen atoms in total. The minimum absolute atomic E-state index is 0.123. The summed E-state index contributed by atoms with van der Waals surface area (Å²) in [6.07, 6.45) is 6.36. The van der Waals surface area contributed by atoms with Gasteiger partial charge in [-0.25, -0.2) is 4.79 Å². The standard InChI is InChI=1S/C26H31NO3/c1-19(2)23-11-5-21(6-12-23)9-15-25(28)27-17-18-30-26(29)16-10-22-7-13-24(14-8-22)20(3)4/h5-16,19-20H,17-18H2,1-4H3,(H,27,28). The fourth-order valence-electron chi connectivity index (χ4n) is 2.75. The number of ether oxygens (including phenoxy) is 1. The molecule has 2 aromatic carbocycles. The Morgan fingerprint density at radius 1 is 0.800 bits per heavy atom. The lowest BCUT2D eigenvalue weighted by Gasteiger charge is -2.05. The Hall–Kier alpha value is -3.14.